The zero-order valence-corrected chi connectivity index (χ0v) is 19.5. The van der Waals surface area contributed by atoms with Crippen LogP contribution in [0.1, 0.15) is 51.0 Å². The van der Waals surface area contributed by atoms with Crippen molar-refractivity contribution in [2.75, 3.05) is 31.2 Å². The number of nitrogens with two attached hydrogens (primary N) is 1. The molecule has 1 aromatic carbocycles. The molecular weight excluding hydrogens is 428 g/mol. The van der Waals surface area contributed by atoms with Crippen molar-refractivity contribution >= 4 is 17.7 Å². The second kappa shape index (κ2) is 12.9. The fourth-order valence-electron chi connectivity index (χ4n) is 2.98. The standard InChI is InChI=1S/C23H34N4O6/c1-4-31-22(30)27(12-8-9-13-28)18-16-33-26-20(18)19(14-25-21(29)23(2,3)24)32-15-17-10-6-5-7-11-17/h5-7,10-11,16,19,28H,4,8-9,12-15,24H2,1-3H3,(H,25,29). The molecule has 0 fully saturated rings. The maximum absolute atomic E-state index is 12.6. The predicted molar refractivity (Wildman–Crippen MR) is 122 cm³/mol. The third-order valence-corrected chi connectivity index (χ3v) is 4.78. The highest BCUT2D eigenvalue weighted by Crippen LogP contribution is 2.29. The average Bonchev–Trinajstić information content (AvgIpc) is 3.26. The van der Waals surface area contributed by atoms with E-state index in [9.17, 15) is 9.59 Å². The Labute approximate surface area is 194 Å². The van der Waals surface area contributed by atoms with E-state index in [1.807, 2.05) is 30.3 Å². The molecule has 2 aromatic rings. The van der Waals surface area contributed by atoms with E-state index >= 15 is 0 Å². The Balaban J connectivity index is 2.29. The molecule has 1 aromatic heterocycles. The molecule has 1 unspecified atom stereocenters. The minimum atomic E-state index is -1.07. The van der Waals surface area contributed by atoms with Gasteiger partial charge >= 0.3 is 6.09 Å². The number of unbranched alkanes of at least 4 members (excludes halogenated alkanes) is 1. The van der Waals surface area contributed by atoms with Crippen molar-refractivity contribution in [2.24, 2.45) is 5.73 Å². The highest BCUT2D eigenvalue weighted by Gasteiger charge is 2.30. The Morgan fingerprint density at radius 2 is 2.00 bits per heavy atom. The minimum absolute atomic E-state index is 0.0108. The van der Waals surface area contributed by atoms with Gasteiger partial charge in [-0.3, -0.25) is 9.69 Å². The summed E-state index contributed by atoms with van der Waals surface area (Å²) in [5, 5.41) is 16.0. The van der Waals surface area contributed by atoms with Gasteiger partial charge in [0.15, 0.2) is 0 Å². The van der Waals surface area contributed by atoms with Crippen molar-refractivity contribution in [3.8, 4) is 0 Å². The van der Waals surface area contributed by atoms with E-state index in [0.29, 0.717) is 30.8 Å². The van der Waals surface area contributed by atoms with E-state index in [1.54, 1.807) is 20.8 Å². The number of nitrogens with one attached hydrogen (secondary N) is 1. The minimum Gasteiger partial charge on any atom is -0.449 e. The SMILES string of the molecule is CCOC(=O)N(CCCCO)c1conc1C(CNC(=O)C(C)(C)N)OCc1ccccc1. The van der Waals surface area contributed by atoms with Crippen LogP contribution in [-0.2, 0) is 20.9 Å². The molecule has 0 aliphatic rings. The van der Waals surface area contributed by atoms with Crippen LogP contribution < -0.4 is 16.0 Å². The molecule has 0 aliphatic heterocycles. The molecule has 10 heteroatoms. The number of carbonyl (C=O) groups excluding carboxylic acids is 2. The predicted octanol–water partition coefficient (Wildman–Crippen LogP) is 2.52. The number of aromatic nitrogens is 1. The molecule has 1 heterocycles. The van der Waals surface area contributed by atoms with Crippen LogP contribution in [0.5, 0.6) is 0 Å². The molecular formula is C23H34N4O6. The van der Waals surface area contributed by atoms with Crippen LogP contribution in [0.4, 0.5) is 10.5 Å². The lowest BCUT2D eigenvalue weighted by molar-refractivity contribution is -0.126. The highest BCUT2D eigenvalue weighted by atomic mass is 16.6. The van der Waals surface area contributed by atoms with Gasteiger partial charge in [0.05, 0.1) is 18.8 Å². The average molecular weight is 463 g/mol. The Bertz CT molecular complexity index is 865. The summed E-state index contributed by atoms with van der Waals surface area (Å²) in [4.78, 5) is 26.4. The number of aliphatic hydroxyl groups is 1. The molecule has 33 heavy (non-hydrogen) atoms. The van der Waals surface area contributed by atoms with Crippen LogP contribution in [0.2, 0.25) is 0 Å². The number of carbonyl (C=O) groups is 2. The zero-order chi connectivity index (χ0) is 24.3. The van der Waals surface area contributed by atoms with Crippen LogP contribution in [0, 0.1) is 0 Å². The fraction of sp³-hybridized carbons (Fsp3) is 0.522. The quantitative estimate of drug-likeness (QED) is 0.386. The maximum Gasteiger partial charge on any atom is 0.414 e. The van der Waals surface area contributed by atoms with E-state index in [0.717, 1.165) is 5.56 Å². The molecule has 2 amide bonds. The summed E-state index contributed by atoms with van der Waals surface area (Å²) in [6.45, 7) is 5.75. The number of anilines is 1. The Morgan fingerprint density at radius 3 is 2.64 bits per heavy atom. The summed E-state index contributed by atoms with van der Waals surface area (Å²) in [6.07, 6.45) is 1.13. The lowest BCUT2D eigenvalue weighted by atomic mass is 10.1. The van der Waals surface area contributed by atoms with Gasteiger partial charge in [-0.2, -0.15) is 0 Å². The number of nitrogens with zero attached hydrogens (tertiary/aromatic N) is 2. The van der Waals surface area contributed by atoms with Crippen molar-refractivity contribution in [3.05, 3.63) is 47.9 Å². The van der Waals surface area contributed by atoms with E-state index in [4.69, 9.17) is 24.8 Å². The first-order valence-electron chi connectivity index (χ1n) is 11.0. The van der Waals surface area contributed by atoms with Crippen molar-refractivity contribution in [1.82, 2.24) is 10.5 Å². The zero-order valence-electron chi connectivity index (χ0n) is 19.5. The maximum atomic E-state index is 12.6. The largest absolute Gasteiger partial charge is 0.449 e. The van der Waals surface area contributed by atoms with Gasteiger partial charge in [-0.05, 0) is 39.2 Å². The van der Waals surface area contributed by atoms with Gasteiger partial charge in [-0.1, -0.05) is 35.5 Å². The van der Waals surface area contributed by atoms with Gasteiger partial charge in [0.2, 0.25) is 5.91 Å². The first-order chi connectivity index (χ1) is 15.8. The van der Waals surface area contributed by atoms with Crippen molar-refractivity contribution in [1.29, 1.82) is 0 Å². The third-order valence-electron chi connectivity index (χ3n) is 4.78. The van der Waals surface area contributed by atoms with Gasteiger partial charge in [0, 0.05) is 19.7 Å². The first-order valence-corrected chi connectivity index (χ1v) is 11.0. The molecule has 0 spiro atoms. The number of hydrogen-bond acceptors (Lipinski definition) is 8. The number of benzene rings is 1. The lowest BCUT2D eigenvalue weighted by Gasteiger charge is -2.25. The Kier molecular flexibility index (Phi) is 10.3. The van der Waals surface area contributed by atoms with Gasteiger partial charge in [-0.25, -0.2) is 4.79 Å². The number of aliphatic hydroxyl groups excluding tert-OH is 1. The highest BCUT2D eigenvalue weighted by molar-refractivity contribution is 5.88. The number of ether oxygens (including phenoxy) is 2. The topological polar surface area (TPSA) is 140 Å². The van der Waals surface area contributed by atoms with Crippen LogP contribution in [-0.4, -0.2) is 54.1 Å². The molecule has 10 nitrogen and oxygen atoms in total. The van der Waals surface area contributed by atoms with Crippen molar-refractivity contribution in [2.45, 2.75) is 51.9 Å². The van der Waals surface area contributed by atoms with Crippen LogP contribution >= 0.6 is 0 Å². The van der Waals surface area contributed by atoms with Crippen molar-refractivity contribution < 1.29 is 28.7 Å². The molecule has 0 aliphatic carbocycles. The smallest absolute Gasteiger partial charge is 0.414 e. The molecule has 182 valence electrons. The summed E-state index contributed by atoms with van der Waals surface area (Å²) in [5.74, 6) is -0.356. The van der Waals surface area contributed by atoms with Gasteiger partial charge < -0.3 is 30.2 Å². The summed E-state index contributed by atoms with van der Waals surface area (Å²) in [6, 6.07) is 9.55. The number of amides is 2. The van der Waals surface area contributed by atoms with Crippen LogP contribution in [0.3, 0.4) is 0 Å². The Hall–Kier alpha value is -2.95. The van der Waals surface area contributed by atoms with E-state index in [2.05, 4.69) is 10.5 Å². The summed E-state index contributed by atoms with van der Waals surface area (Å²) < 4.78 is 16.5. The van der Waals surface area contributed by atoms with E-state index in [-0.39, 0.29) is 32.3 Å². The second-order valence-corrected chi connectivity index (χ2v) is 8.08. The van der Waals surface area contributed by atoms with Gasteiger partial charge in [0.25, 0.3) is 0 Å². The van der Waals surface area contributed by atoms with Crippen molar-refractivity contribution in [3.63, 3.8) is 0 Å². The summed E-state index contributed by atoms with van der Waals surface area (Å²) in [7, 11) is 0. The number of rotatable bonds is 13. The van der Waals surface area contributed by atoms with Gasteiger partial charge in [0.1, 0.15) is 23.7 Å². The molecule has 0 saturated carbocycles. The second-order valence-electron chi connectivity index (χ2n) is 8.08. The fourth-order valence-corrected chi connectivity index (χ4v) is 2.98. The molecule has 2 rings (SSSR count). The van der Waals surface area contributed by atoms with Crippen LogP contribution in [0.25, 0.3) is 0 Å². The molecule has 1 atom stereocenters. The lowest BCUT2D eigenvalue weighted by Crippen LogP contribution is -2.50. The summed E-state index contributed by atoms with van der Waals surface area (Å²) in [5.41, 5.74) is 6.48. The monoisotopic (exact) mass is 462 g/mol. The Morgan fingerprint density at radius 1 is 1.27 bits per heavy atom. The molecule has 0 saturated heterocycles. The molecule has 0 bridgehead atoms. The summed E-state index contributed by atoms with van der Waals surface area (Å²) >= 11 is 0. The number of hydrogen-bond donors (Lipinski definition) is 3. The first kappa shape index (κ1) is 26.3. The third kappa shape index (κ3) is 8.16. The van der Waals surface area contributed by atoms with E-state index < -0.39 is 17.7 Å². The van der Waals surface area contributed by atoms with E-state index in [1.165, 1.54) is 11.2 Å². The molecule has 0 radical (unpaired) electrons. The normalized spacial score (nSPS) is 12.3. The molecule has 4 N–H and O–H groups in total. The van der Waals surface area contributed by atoms with Crippen LogP contribution in [0.15, 0.2) is 41.1 Å². The van der Waals surface area contributed by atoms with Gasteiger partial charge in [-0.15, -0.1) is 0 Å².